The van der Waals surface area contributed by atoms with Gasteiger partial charge in [-0.25, -0.2) is 4.39 Å². The molecule has 0 aliphatic rings. The minimum absolute atomic E-state index is 0.0455. The number of nitrogens with zero attached hydrogens (tertiary/aromatic N) is 4. The van der Waals surface area contributed by atoms with Crippen molar-refractivity contribution >= 4 is 17.6 Å². The van der Waals surface area contributed by atoms with Gasteiger partial charge in [-0.1, -0.05) is 6.92 Å². The fourth-order valence-electron chi connectivity index (χ4n) is 2.16. The van der Waals surface area contributed by atoms with Crippen LogP contribution in [0, 0.1) is 5.82 Å². The number of halogens is 1. The van der Waals surface area contributed by atoms with Crippen molar-refractivity contribution in [2.45, 2.75) is 19.9 Å². The molecule has 1 heterocycles. The summed E-state index contributed by atoms with van der Waals surface area (Å²) in [4.78, 5) is 16.0. The fraction of sp³-hybridized carbons (Fsp3) is 0.375. The maximum absolute atomic E-state index is 12.8. The predicted molar refractivity (Wildman–Crippen MR) is 93.8 cm³/mol. The van der Waals surface area contributed by atoms with E-state index < -0.39 is 0 Å². The minimum atomic E-state index is -0.347. The van der Waals surface area contributed by atoms with Crippen LogP contribution in [0.25, 0.3) is 0 Å². The zero-order valence-electron chi connectivity index (χ0n) is 14.3. The zero-order chi connectivity index (χ0) is 18.1. The van der Waals surface area contributed by atoms with Crippen LogP contribution < -0.4 is 16.0 Å². The van der Waals surface area contributed by atoms with Crippen molar-refractivity contribution in [3.8, 4) is 0 Å². The van der Waals surface area contributed by atoms with Gasteiger partial charge in [0.15, 0.2) is 5.96 Å². The highest BCUT2D eigenvalue weighted by Crippen LogP contribution is 2.07. The molecule has 134 valence electrons. The molecule has 1 aromatic heterocycles. The topological polar surface area (TPSA) is 96.2 Å². The summed E-state index contributed by atoms with van der Waals surface area (Å²) < 4.78 is 14.8. The lowest BCUT2D eigenvalue weighted by Crippen LogP contribution is -2.42. The van der Waals surface area contributed by atoms with Gasteiger partial charge >= 0.3 is 0 Å². The van der Waals surface area contributed by atoms with Crippen molar-refractivity contribution in [1.82, 2.24) is 25.4 Å². The van der Waals surface area contributed by atoms with Gasteiger partial charge in [0, 0.05) is 32.2 Å². The Morgan fingerprint density at radius 1 is 1.28 bits per heavy atom. The van der Waals surface area contributed by atoms with Crippen LogP contribution in [-0.4, -0.2) is 46.8 Å². The van der Waals surface area contributed by atoms with Gasteiger partial charge in [0.05, 0.1) is 6.54 Å². The Balaban J connectivity index is 1.72. The van der Waals surface area contributed by atoms with Crippen molar-refractivity contribution in [2.24, 2.45) is 4.99 Å². The summed E-state index contributed by atoms with van der Waals surface area (Å²) in [5.41, 5.74) is 0.538. The molecule has 25 heavy (non-hydrogen) atoms. The molecule has 1 aromatic carbocycles. The van der Waals surface area contributed by atoms with E-state index in [1.807, 2.05) is 11.5 Å². The summed E-state index contributed by atoms with van der Waals surface area (Å²) in [6, 6.07) is 5.59. The van der Waals surface area contributed by atoms with E-state index in [-0.39, 0.29) is 18.3 Å². The van der Waals surface area contributed by atoms with Gasteiger partial charge in [0.2, 0.25) is 5.91 Å². The monoisotopic (exact) mass is 347 g/mol. The fourth-order valence-corrected chi connectivity index (χ4v) is 2.16. The highest BCUT2D eigenvalue weighted by atomic mass is 19.1. The summed E-state index contributed by atoms with van der Waals surface area (Å²) in [5, 5.41) is 16.6. The van der Waals surface area contributed by atoms with E-state index in [2.05, 4.69) is 31.1 Å². The van der Waals surface area contributed by atoms with Crippen molar-refractivity contribution in [2.75, 3.05) is 25.5 Å². The summed E-state index contributed by atoms with van der Waals surface area (Å²) in [6.07, 6.45) is 2.50. The van der Waals surface area contributed by atoms with Crippen molar-refractivity contribution in [3.05, 3.63) is 42.2 Å². The first-order valence-electron chi connectivity index (χ1n) is 7.99. The molecule has 0 fully saturated rings. The Hall–Kier alpha value is -2.97. The van der Waals surface area contributed by atoms with Gasteiger partial charge in [0.1, 0.15) is 18.0 Å². The van der Waals surface area contributed by atoms with Gasteiger partial charge in [0.25, 0.3) is 0 Å². The van der Waals surface area contributed by atoms with Gasteiger partial charge in [-0.15, -0.1) is 10.2 Å². The number of aryl methyl sites for hydroxylation is 1. The summed E-state index contributed by atoms with van der Waals surface area (Å²) in [6.45, 7) is 3.38. The lowest BCUT2D eigenvalue weighted by molar-refractivity contribution is -0.115. The molecule has 0 radical (unpaired) electrons. The Morgan fingerprint density at radius 2 is 2.04 bits per heavy atom. The molecule has 9 heteroatoms. The lowest BCUT2D eigenvalue weighted by atomic mass is 10.3. The van der Waals surface area contributed by atoms with Crippen molar-refractivity contribution in [3.63, 3.8) is 0 Å². The second-order valence-corrected chi connectivity index (χ2v) is 5.20. The number of nitrogens with one attached hydrogen (secondary N) is 3. The number of aliphatic imine (C=N–C) groups is 1. The van der Waals surface area contributed by atoms with Crippen LogP contribution in [0.4, 0.5) is 10.1 Å². The minimum Gasteiger partial charge on any atom is -0.355 e. The normalized spacial score (nSPS) is 11.2. The average molecular weight is 347 g/mol. The number of anilines is 1. The quantitative estimate of drug-likeness (QED) is 0.508. The molecule has 0 saturated heterocycles. The zero-order valence-corrected chi connectivity index (χ0v) is 14.3. The second kappa shape index (κ2) is 9.36. The maximum Gasteiger partial charge on any atom is 0.243 e. The molecular formula is C16H22FN7O. The van der Waals surface area contributed by atoms with Crippen LogP contribution in [0.2, 0.25) is 0 Å². The van der Waals surface area contributed by atoms with E-state index in [0.717, 1.165) is 12.2 Å². The van der Waals surface area contributed by atoms with Gasteiger partial charge in [-0.3, -0.25) is 9.79 Å². The van der Waals surface area contributed by atoms with Crippen molar-refractivity contribution < 1.29 is 9.18 Å². The number of benzene rings is 1. The second-order valence-electron chi connectivity index (χ2n) is 5.20. The molecule has 0 bridgehead atoms. The van der Waals surface area contributed by atoms with Crippen LogP contribution in [-0.2, 0) is 17.8 Å². The number of aromatic nitrogens is 3. The summed E-state index contributed by atoms with van der Waals surface area (Å²) in [7, 11) is 1.63. The third-order valence-corrected chi connectivity index (χ3v) is 3.43. The number of amides is 1. The van der Waals surface area contributed by atoms with E-state index in [4.69, 9.17) is 0 Å². The number of hydrogen-bond acceptors (Lipinski definition) is 4. The van der Waals surface area contributed by atoms with Crippen LogP contribution in [0.5, 0.6) is 0 Å². The molecule has 3 N–H and O–H groups in total. The van der Waals surface area contributed by atoms with Gasteiger partial charge in [-0.2, -0.15) is 0 Å². The molecule has 0 unspecified atom stereocenters. The first kappa shape index (κ1) is 18.4. The lowest BCUT2D eigenvalue weighted by Gasteiger charge is -2.12. The molecule has 2 aromatic rings. The summed E-state index contributed by atoms with van der Waals surface area (Å²) >= 11 is 0. The van der Waals surface area contributed by atoms with Gasteiger partial charge < -0.3 is 20.5 Å². The first-order chi connectivity index (χ1) is 12.1. The molecule has 8 nitrogen and oxygen atoms in total. The third kappa shape index (κ3) is 5.87. The number of carbonyl (C=O) groups excluding carboxylic acids is 1. The molecule has 1 amide bonds. The van der Waals surface area contributed by atoms with Crippen molar-refractivity contribution in [1.29, 1.82) is 0 Å². The Kier molecular flexibility index (Phi) is 6.87. The Labute approximate surface area is 145 Å². The molecule has 0 aliphatic carbocycles. The molecule has 0 spiro atoms. The molecular weight excluding hydrogens is 325 g/mol. The molecule has 0 saturated carbocycles. The Morgan fingerprint density at radius 3 is 2.72 bits per heavy atom. The van der Waals surface area contributed by atoms with E-state index in [1.165, 1.54) is 24.3 Å². The van der Waals surface area contributed by atoms with E-state index in [0.29, 0.717) is 24.7 Å². The van der Waals surface area contributed by atoms with Gasteiger partial charge in [-0.05, 0) is 24.3 Å². The number of carbonyl (C=O) groups is 1. The number of hydrogen-bond donors (Lipinski definition) is 3. The maximum atomic E-state index is 12.8. The molecule has 0 atom stereocenters. The average Bonchev–Trinajstić information content (AvgIpc) is 3.07. The largest absolute Gasteiger partial charge is 0.355 e. The van der Waals surface area contributed by atoms with E-state index >= 15 is 0 Å². The third-order valence-electron chi connectivity index (χ3n) is 3.43. The Bertz CT molecular complexity index is 712. The smallest absolute Gasteiger partial charge is 0.243 e. The summed E-state index contributed by atoms with van der Waals surface area (Å²) in [5.74, 6) is 0.838. The van der Waals surface area contributed by atoms with Crippen LogP contribution >= 0.6 is 0 Å². The molecule has 2 rings (SSSR count). The number of guanidine groups is 1. The van der Waals surface area contributed by atoms with E-state index in [1.54, 1.807) is 13.4 Å². The van der Waals surface area contributed by atoms with Crippen LogP contribution in [0.1, 0.15) is 12.7 Å². The highest BCUT2D eigenvalue weighted by molar-refractivity contribution is 5.94. The van der Waals surface area contributed by atoms with Crippen LogP contribution in [0.3, 0.4) is 0 Å². The standard InChI is InChI=1S/C16H22FN7O/c1-3-14-23-21-11-24(14)9-8-19-16(18-2)20-10-15(25)22-13-6-4-12(17)5-7-13/h4-7,11H,3,8-10H2,1-2H3,(H,22,25)(H2,18,19,20). The van der Waals surface area contributed by atoms with Crippen LogP contribution in [0.15, 0.2) is 35.6 Å². The molecule has 0 aliphatic heterocycles. The SMILES string of the molecule is CCc1nncn1CCNC(=NC)NCC(=O)Nc1ccc(F)cc1. The first-order valence-corrected chi connectivity index (χ1v) is 7.99. The predicted octanol–water partition coefficient (Wildman–Crippen LogP) is 0.783. The number of rotatable bonds is 7. The van der Waals surface area contributed by atoms with E-state index in [9.17, 15) is 9.18 Å². The highest BCUT2D eigenvalue weighted by Gasteiger charge is 2.05.